The first kappa shape index (κ1) is 18.0. The minimum absolute atomic E-state index is 0.0116. The first-order chi connectivity index (χ1) is 11.5. The molecule has 1 aromatic carbocycles. The number of benzene rings is 1. The number of hydrogen-bond acceptors (Lipinski definition) is 3. The fourth-order valence-corrected chi connectivity index (χ4v) is 2.90. The van der Waals surface area contributed by atoms with Crippen molar-refractivity contribution in [2.24, 2.45) is 5.92 Å². The lowest BCUT2D eigenvalue weighted by Gasteiger charge is -2.32. The van der Waals surface area contributed by atoms with E-state index in [9.17, 15) is 14.4 Å². The summed E-state index contributed by atoms with van der Waals surface area (Å²) in [6.45, 7) is 3.68. The number of hydrogen-bond donors (Lipinski definition) is 2. The molecule has 1 aromatic rings. The summed E-state index contributed by atoms with van der Waals surface area (Å²) < 4.78 is 0. The summed E-state index contributed by atoms with van der Waals surface area (Å²) in [5.41, 5.74) is 1.22. The van der Waals surface area contributed by atoms with E-state index in [4.69, 9.17) is 5.11 Å². The molecule has 1 heterocycles. The molecule has 0 saturated carbocycles. The van der Waals surface area contributed by atoms with Gasteiger partial charge in [-0.2, -0.15) is 0 Å². The van der Waals surface area contributed by atoms with E-state index < -0.39 is 5.97 Å². The third kappa shape index (κ3) is 5.37. The maximum atomic E-state index is 12.3. The predicted octanol–water partition coefficient (Wildman–Crippen LogP) is 1.69. The number of aryl methyl sites for hydroxylation is 1. The number of carboxylic acid groups (broad SMARTS) is 1. The lowest BCUT2D eigenvalue weighted by Crippen LogP contribution is -2.41. The van der Waals surface area contributed by atoms with Crippen LogP contribution in [0.4, 0.5) is 0 Å². The third-order valence-corrected chi connectivity index (χ3v) is 4.44. The Morgan fingerprint density at radius 3 is 2.33 bits per heavy atom. The van der Waals surface area contributed by atoms with Crippen LogP contribution >= 0.6 is 0 Å². The largest absolute Gasteiger partial charge is 0.478 e. The third-order valence-electron chi connectivity index (χ3n) is 4.44. The molecule has 0 aliphatic carbocycles. The van der Waals surface area contributed by atoms with Gasteiger partial charge in [-0.05, 0) is 42.9 Å². The van der Waals surface area contributed by atoms with Gasteiger partial charge in [0.2, 0.25) is 11.8 Å². The van der Waals surface area contributed by atoms with Crippen molar-refractivity contribution in [1.82, 2.24) is 10.2 Å². The van der Waals surface area contributed by atoms with Gasteiger partial charge in [0.15, 0.2) is 0 Å². The summed E-state index contributed by atoms with van der Waals surface area (Å²) >= 11 is 0. The first-order valence-corrected chi connectivity index (χ1v) is 8.30. The van der Waals surface area contributed by atoms with Crippen LogP contribution in [0, 0.1) is 5.92 Å². The van der Waals surface area contributed by atoms with Crippen molar-refractivity contribution in [2.75, 3.05) is 19.6 Å². The van der Waals surface area contributed by atoms with Crippen molar-refractivity contribution < 1.29 is 19.5 Å². The number of carbonyl (C=O) groups is 3. The molecule has 0 unspecified atom stereocenters. The molecule has 0 bridgehead atoms. The standard InChI is InChI=1S/C18H24N2O4/c1-13(21)19-12-15-8-10-20(11-9-15)17(22)7-4-14-2-5-16(6-3-14)18(23)24/h2-3,5-6,15H,4,7-12H2,1H3,(H,19,21)(H,23,24). The van der Waals surface area contributed by atoms with Gasteiger partial charge < -0.3 is 15.3 Å². The summed E-state index contributed by atoms with van der Waals surface area (Å²) in [7, 11) is 0. The minimum Gasteiger partial charge on any atom is -0.478 e. The summed E-state index contributed by atoms with van der Waals surface area (Å²) in [5, 5.41) is 11.7. The normalized spacial score (nSPS) is 15.1. The fraction of sp³-hybridized carbons (Fsp3) is 0.500. The fourth-order valence-electron chi connectivity index (χ4n) is 2.90. The highest BCUT2D eigenvalue weighted by Gasteiger charge is 2.22. The van der Waals surface area contributed by atoms with E-state index in [1.807, 2.05) is 4.90 Å². The van der Waals surface area contributed by atoms with Crippen molar-refractivity contribution in [3.63, 3.8) is 0 Å². The maximum absolute atomic E-state index is 12.3. The van der Waals surface area contributed by atoms with E-state index in [0.29, 0.717) is 25.3 Å². The van der Waals surface area contributed by atoms with Gasteiger partial charge in [0.05, 0.1) is 5.56 Å². The van der Waals surface area contributed by atoms with E-state index >= 15 is 0 Å². The number of carbonyl (C=O) groups excluding carboxylic acids is 2. The van der Waals surface area contributed by atoms with Gasteiger partial charge in [0, 0.05) is 33.0 Å². The predicted molar refractivity (Wildman–Crippen MR) is 89.7 cm³/mol. The minimum atomic E-state index is -0.945. The first-order valence-electron chi connectivity index (χ1n) is 8.30. The monoisotopic (exact) mass is 332 g/mol. The van der Waals surface area contributed by atoms with Gasteiger partial charge in [-0.3, -0.25) is 9.59 Å². The summed E-state index contributed by atoms with van der Waals surface area (Å²) in [6.07, 6.45) is 2.88. The van der Waals surface area contributed by atoms with Crippen LogP contribution in [0.15, 0.2) is 24.3 Å². The summed E-state index contributed by atoms with van der Waals surface area (Å²) in [6, 6.07) is 6.65. The number of piperidine rings is 1. The zero-order valence-corrected chi connectivity index (χ0v) is 14.0. The highest BCUT2D eigenvalue weighted by atomic mass is 16.4. The van der Waals surface area contributed by atoms with Crippen LogP contribution in [0.2, 0.25) is 0 Å². The molecule has 1 aliphatic rings. The van der Waals surface area contributed by atoms with Gasteiger partial charge in [-0.1, -0.05) is 12.1 Å². The summed E-state index contributed by atoms with van der Waals surface area (Å²) in [5.74, 6) is -0.376. The van der Waals surface area contributed by atoms with E-state index in [1.165, 1.54) is 6.92 Å². The second-order valence-corrected chi connectivity index (χ2v) is 6.26. The number of likely N-dealkylation sites (tertiary alicyclic amines) is 1. The highest BCUT2D eigenvalue weighted by Crippen LogP contribution is 2.18. The molecular weight excluding hydrogens is 308 g/mol. The molecule has 24 heavy (non-hydrogen) atoms. The van der Waals surface area contributed by atoms with Gasteiger partial charge in [0.25, 0.3) is 0 Å². The van der Waals surface area contributed by atoms with Crippen LogP contribution < -0.4 is 5.32 Å². The average Bonchev–Trinajstić information content (AvgIpc) is 2.58. The highest BCUT2D eigenvalue weighted by molar-refractivity contribution is 5.87. The van der Waals surface area contributed by atoms with Crippen LogP contribution in [0.5, 0.6) is 0 Å². The van der Waals surface area contributed by atoms with E-state index in [-0.39, 0.29) is 17.4 Å². The Hall–Kier alpha value is -2.37. The number of carboxylic acids is 1. The Balaban J connectivity index is 1.73. The quantitative estimate of drug-likeness (QED) is 0.830. The smallest absolute Gasteiger partial charge is 0.335 e. The topological polar surface area (TPSA) is 86.7 Å². The molecule has 2 N–H and O–H groups in total. The number of rotatable bonds is 6. The second kappa shape index (κ2) is 8.47. The number of aromatic carboxylic acids is 1. The lowest BCUT2D eigenvalue weighted by atomic mass is 9.96. The lowest BCUT2D eigenvalue weighted by molar-refractivity contribution is -0.132. The number of nitrogens with one attached hydrogen (secondary N) is 1. The van der Waals surface area contributed by atoms with E-state index in [1.54, 1.807) is 24.3 Å². The Morgan fingerprint density at radius 2 is 1.79 bits per heavy atom. The van der Waals surface area contributed by atoms with Crippen molar-refractivity contribution in [3.05, 3.63) is 35.4 Å². The molecule has 130 valence electrons. The molecule has 6 heteroatoms. The zero-order valence-electron chi connectivity index (χ0n) is 14.0. The van der Waals surface area contributed by atoms with Crippen LogP contribution in [-0.2, 0) is 16.0 Å². The molecular formula is C18H24N2O4. The Bertz CT molecular complexity index is 590. The maximum Gasteiger partial charge on any atom is 0.335 e. The van der Waals surface area contributed by atoms with E-state index in [0.717, 1.165) is 31.5 Å². The molecule has 2 amide bonds. The van der Waals surface area contributed by atoms with Gasteiger partial charge in [-0.15, -0.1) is 0 Å². The van der Waals surface area contributed by atoms with Crippen LogP contribution in [-0.4, -0.2) is 47.4 Å². The molecule has 1 fully saturated rings. The Kier molecular flexibility index (Phi) is 6.35. The SMILES string of the molecule is CC(=O)NCC1CCN(C(=O)CCc2ccc(C(=O)O)cc2)CC1. The molecule has 0 spiro atoms. The molecule has 1 aliphatic heterocycles. The molecule has 1 saturated heterocycles. The summed E-state index contributed by atoms with van der Waals surface area (Å²) in [4.78, 5) is 35.9. The van der Waals surface area contributed by atoms with Crippen molar-refractivity contribution in [3.8, 4) is 0 Å². The van der Waals surface area contributed by atoms with Crippen LogP contribution in [0.1, 0.15) is 42.1 Å². The number of nitrogens with zero attached hydrogens (tertiary/aromatic N) is 1. The van der Waals surface area contributed by atoms with Gasteiger partial charge in [-0.25, -0.2) is 4.79 Å². The van der Waals surface area contributed by atoms with Crippen molar-refractivity contribution in [2.45, 2.75) is 32.6 Å². The van der Waals surface area contributed by atoms with Crippen molar-refractivity contribution in [1.29, 1.82) is 0 Å². The Labute approximate surface area is 141 Å². The molecule has 0 radical (unpaired) electrons. The molecule has 0 aromatic heterocycles. The molecule has 6 nitrogen and oxygen atoms in total. The van der Waals surface area contributed by atoms with E-state index in [2.05, 4.69) is 5.32 Å². The zero-order chi connectivity index (χ0) is 17.5. The van der Waals surface area contributed by atoms with Gasteiger partial charge >= 0.3 is 5.97 Å². The second-order valence-electron chi connectivity index (χ2n) is 6.26. The van der Waals surface area contributed by atoms with Crippen LogP contribution in [0.25, 0.3) is 0 Å². The average molecular weight is 332 g/mol. The molecule has 2 rings (SSSR count). The van der Waals surface area contributed by atoms with Crippen LogP contribution in [0.3, 0.4) is 0 Å². The van der Waals surface area contributed by atoms with Gasteiger partial charge in [0.1, 0.15) is 0 Å². The molecule has 0 atom stereocenters. The Morgan fingerprint density at radius 1 is 1.17 bits per heavy atom. The van der Waals surface area contributed by atoms with Crippen molar-refractivity contribution >= 4 is 17.8 Å². The number of amides is 2.